The first kappa shape index (κ1) is 25.7. The quantitative estimate of drug-likeness (QED) is 0.304. The third kappa shape index (κ3) is 4.97. The molecule has 1 heterocycles. The maximum atomic E-state index is 13.4. The van der Waals surface area contributed by atoms with Gasteiger partial charge in [-0.25, -0.2) is 4.68 Å². The molecule has 3 N–H and O–H groups in total. The molecule has 4 aromatic rings. The number of anilines is 1. The zero-order chi connectivity index (χ0) is 27.2. The summed E-state index contributed by atoms with van der Waals surface area (Å²) in [4.78, 5) is 25.1. The molecular formula is C27H22ClF3N4O3. The number of rotatable bonds is 6. The number of carbonyl (C=O) groups is 2. The maximum absolute atomic E-state index is 13.4. The number of aryl methyl sites for hydroxylation is 1. The molecule has 11 heteroatoms. The highest BCUT2D eigenvalue weighted by Crippen LogP contribution is 2.36. The Hall–Kier alpha value is -3.89. The van der Waals surface area contributed by atoms with E-state index in [0.717, 1.165) is 6.07 Å². The topological polar surface area (TPSA) is 96.3 Å². The molecular weight excluding hydrogens is 521 g/mol. The van der Waals surface area contributed by atoms with Crippen molar-refractivity contribution >= 4 is 40.0 Å². The Balaban J connectivity index is 1.40. The molecule has 0 spiro atoms. The lowest BCUT2D eigenvalue weighted by molar-refractivity contribution is -0.138. The molecule has 0 unspecified atom stereocenters. The molecule has 1 fully saturated rings. The molecule has 0 atom stereocenters. The molecule has 0 radical (unpaired) electrons. The van der Waals surface area contributed by atoms with Gasteiger partial charge in [0.1, 0.15) is 5.60 Å². The molecule has 1 saturated carbocycles. The Kier molecular flexibility index (Phi) is 6.40. The molecule has 0 bridgehead atoms. The van der Waals surface area contributed by atoms with Gasteiger partial charge < -0.3 is 15.7 Å². The highest BCUT2D eigenvalue weighted by atomic mass is 35.5. The third-order valence-corrected chi connectivity index (χ3v) is 6.84. The van der Waals surface area contributed by atoms with Crippen molar-refractivity contribution in [3.05, 3.63) is 88.1 Å². The van der Waals surface area contributed by atoms with Crippen LogP contribution < -0.4 is 10.6 Å². The fourth-order valence-corrected chi connectivity index (χ4v) is 4.35. The van der Waals surface area contributed by atoms with Crippen LogP contribution >= 0.6 is 11.6 Å². The summed E-state index contributed by atoms with van der Waals surface area (Å²) in [6.07, 6.45) is -2.20. The number of nitrogens with one attached hydrogen (secondary N) is 2. The second-order valence-corrected chi connectivity index (χ2v) is 9.68. The largest absolute Gasteiger partial charge is 0.416 e. The lowest BCUT2D eigenvalue weighted by Crippen LogP contribution is -2.35. The van der Waals surface area contributed by atoms with Crippen molar-refractivity contribution < 1.29 is 27.9 Å². The van der Waals surface area contributed by atoms with Crippen LogP contribution in [0.3, 0.4) is 0 Å². The number of alkyl halides is 3. The SMILES string of the molecule is Cc1ccc(-n2ncc3c(NC(=O)c4cc(CNC(=O)C5(O)CC5)ccc4Cl)cccc32)cc1C(F)(F)F. The first-order chi connectivity index (χ1) is 18.0. The van der Waals surface area contributed by atoms with Crippen LogP contribution in [0.5, 0.6) is 0 Å². The summed E-state index contributed by atoms with van der Waals surface area (Å²) >= 11 is 6.27. The van der Waals surface area contributed by atoms with Crippen LogP contribution in [0.1, 0.15) is 39.9 Å². The van der Waals surface area contributed by atoms with E-state index in [9.17, 15) is 27.9 Å². The van der Waals surface area contributed by atoms with Crippen molar-refractivity contribution in [3.63, 3.8) is 0 Å². The Morgan fingerprint density at radius 3 is 2.61 bits per heavy atom. The van der Waals surface area contributed by atoms with Crippen LogP contribution in [-0.2, 0) is 17.5 Å². The summed E-state index contributed by atoms with van der Waals surface area (Å²) in [7, 11) is 0. The van der Waals surface area contributed by atoms with E-state index in [4.69, 9.17) is 11.6 Å². The summed E-state index contributed by atoms with van der Waals surface area (Å²) in [5.41, 5.74) is -0.0389. The molecule has 1 aromatic heterocycles. The van der Waals surface area contributed by atoms with Gasteiger partial charge in [0.2, 0.25) is 0 Å². The number of amides is 2. The molecule has 5 rings (SSSR count). The number of fused-ring (bicyclic) bond motifs is 1. The molecule has 0 saturated heterocycles. The van der Waals surface area contributed by atoms with Crippen LogP contribution in [0, 0.1) is 6.92 Å². The lowest BCUT2D eigenvalue weighted by Gasteiger charge is -2.13. The normalized spacial score (nSPS) is 14.4. The Bertz CT molecular complexity index is 1580. The van der Waals surface area contributed by atoms with Gasteiger partial charge in [0.25, 0.3) is 11.8 Å². The predicted octanol–water partition coefficient (Wildman–Crippen LogP) is 5.40. The van der Waals surface area contributed by atoms with Crippen molar-refractivity contribution in [2.24, 2.45) is 0 Å². The number of hydrogen-bond acceptors (Lipinski definition) is 4. The second kappa shape index (κ2) is 9.45. The highest BCUT2D eigenvalue weighted by molar-refractivity contribution is 6.34. The number of halogens is 4. The van der Waals surface area contributed by atoms with E-state index in [2.05, 4.69) is 15.7 Å². The number of aromatic nitrogens is 2. The third-order valence-electron chi connectivity index (χ3n) is 6.51. The lowest BCUT2D eigenvalue weighted by atomic mass is 10.1. The van der Waals surface area contributed by atoms with Gasteiger partial charge in [0, 0.05) is 11.9 Å². The van der Waals surface area contributed by atoms with E-state index in [1.54, 1.807) is 36.4 Å². The number of benzene rings is 3. The Morgan fingerprint density at radius 1 is 1.13 bits per heavy atom. The monoisotopic (exact) mass is 542 g/mol. The zero-order valence-electron chi connectivity index (χ0n) is 20.1. The number of hydrogen-bond donors (Lipinski definition) is 3. The zero-order valence-corrected chi connectivity index (χ0v) is 20.8. The van der Waals surface area contributed by atoms with Gasteiger partial charge in [0.05, 0.1) is 39.2 Å². The van der Waals surface area contributed by atoms with E-state index in [1.807, 2.05) is 0 Å². The number of aliphatic hydroxyl groups is 1. The van der Waals surface area contributed by atoms with Gasteiger partial charge in [-0.15, -0.1) is 0 Å². The molecule has 196 valence electrons. The van der Waals surface area contributed by atoms with Gasteiger partial charge in [-0.05, 0) is 67.3 Å². The first-order valence-corrected chi connectivity index (χ1v) is 12.1. The predicted molar refractivity (Wildman–Crippen MR) is 136 cm³/mol. The van der Waals surface area contributed by atoms with Crippen molar-refractivity contribution in [1.82, 2.24) is 15.1 Å². The minimum atomic E-state index is -4.50. The van der Waals surface area contributed by atoms with E-state index in [0.29, 0.717) is 35.0 Å². The van der Waals surface area contributed by atoms with Crippen molar-refractivity contribution in [2.45, 2.75) is 38.1 Å². The molecule has 1 aliphatic rings. The van der Waals surface area contributed by atoms with Crippen LogP contribution in [-0.4, -0.2) is 32.3 Å². The van der Waals surface area contributed by atoms with Gasteiger partial charge in [-0.1, -0.05) is 29.8 Å². The summed E-state index contributed by atoms with van der Waals surface area (Å²) in [5.74, 6) is -0.975. The minimum absolute atomic E-state index is 0.104. The molecule has 7 nitrogen and oxygen atoms in total. The van der Waals surface area contributed by atoms with E-state index in [-0.39, 0.29) is 28.4 Å². The second-order valence-electron chi connectivity index (χ2n) is 9.27. The smallest absolute Gasteiger partial charge is 0.380 e. The van der Waals surface area contributed by atoms with Crippen molar-refractivity contribution in [1.29, 1.82) is 0 Å². The van der Waals surface area contributed by atoms with Crippen molar-refractivity contribution in [3.8, 4) is 5.69 Å². The molecule has 0 aliphatic heterocycles. The number of carbonyl (C=O) groups excluding carboxylic acids is 2. The van der Waals surface area contributed by atoms with Gasteiger partial charge >= 0.3 is 6.18 Å². The highest BCUT2D eigenvalue weighted by Gasteiger charge is 2.47. The molecule has 3 aromatic carbocycles. The van der Waals surface area contributed by atoms with E-state index >= 15 is 0 Å². The Labute approximate surface area is 220 Å². The van der Waals surface area contributed by atoms with Crippen molar-refractivity contribution in [2.75, 3.05) is 5.32 Å². The fourth-order valence-electron chi connectivity index (χ4n) is 4.15. The van der Waals surface area contributed by atoms with E-state index < -0.39 is 29.2 Å². The fraction of sp³-hybridized carbons (Fsp3) is 0.222. The Morgan fingerprint density at radius 2 is 1.89 bits per heavy atom. The summed E-state index contributed by atoms with van der Waals surface area (Å²) in [6, 6.07) is 13.7. The van der Waals surface area contributed by atoms with Crippen LogP contribution in [0.15, 0.2) is 60.8 Å². The summed E-state index contributed by atoms with van der Waals surface area (Å²) in [5, 5.41) is 20.3. The summed E-state index contributed by atoms with van der Waals surface area (Å²) in [6.45, 7) is 1.50. The van der Waals surface area contributed by atoms with Gasteiger partial charge in [-0.3, -0.25) is 9.59 Å². The van der Waals surface area contributed by atoms with E-state index in [1.165, 1.54) is 29.9 Å². The van der Waals surface area contributed by atoms with Crippen LogP contribution in [0.4, 0.5) is 18.9 Å². The molecule has 2 amide bonds. The van der Waals surface area contributed by atoms with Crippen LogP contribution in [0.25, 0.3) is 16.6 Å². The molecule has 38 heavy (non-hydrogen) atoms. The molecule has 1 aliphatic carbocycles. The van der Waals surface area contributed by atoms with Crippen LogP contribution in [0.2, 0.25) is 5.02 Å². The van der Waals surface area contributed by atoms with Gasteiger partial charge in [-0.2, -0.15) is 18.3 Å². The number of nitrogens with zero attached hydrogens (tertiary/aromatic N) is 2. The van der Waals surface area contributed by atoms with Gasteiger partial charge in [0.15, 0.2) is 0 Å². The standard InChI is InChI=1S/C27H22ClF3N4O3/c1-15-5-7-17(12-20(15)27(29,30)31)35-23-4-2-3-22(19(23)14-33-35)34-24(36)18-11-16(6-8-21(18)28)13-32-25(37)26(38)9-10-26/h2-8,11-12,14,38H,9-10,13H2,1H3,(H,32,37)(H,34,36). The summed E-state index contributed by atoms with van der Waals surface area (Å²) < 4.78 is 41.7. The minimum Gasteiger partial charge on any atom is -0.380 e. The average molecular weight is 543 g/mol. The first-order valence-electron chi connectivity index (χ1n) is 11.7. The maximum Gasteiger partial charge on any atom is 0.416 e. The average Bonchev–Trinajstić information content (AvgIpc) is 3.48.